The van der Waals surface area contributed by atoms with Gasteiger partial charge in [0.05, 0.1) is 27.7 Å². The van der Waals surface area contributed by atoms with E-state index in [1.54, 1.807) is 0 Å². The lowest BCUT2D eigenvalue weighted by molar-refractivity contribution is -0.870. The van der Waals surface area contributed by atoms with Crippen molar-refractivity contribution in [3.8, 4) is 0 Å². The third-order valence-electron chi connectivity index (χ3n) is 13.7. The van der Waals surface area contributed by atoms with E-state index in [4.69, 9.17) is 18.5 Å². The molecule has 0 aromatic heterocycles. The van der Waals surface area contributed by atoms with Gasteiger partial charge in [-0.25, -0.2) is 0 Å². The molecule has 0 radical (unpaired) electrons. The van der Waals surface area contributed by atoms with Crippen molar-refractivity contribution >= 4 is 19.8 Å². The smallest absolute Gasteiger partial charge is 0.306 e. The molecule has 0 aromatic carbocycles. The number of rotatable bonds is 57. The Morgan fingerprint density at radius 1 is 0.444 bits per heavy atom. The molecule has 9 nitrogen and oxygen atoms in total. The number of carbonyl (C=O) groups is 2. The normalized spacial score (nSPS) is 13.5. The molecule has 0 aliphatic heterocycles. The Balaban J connectivity index is 3.95. The third kappa shape index (κ3) is 57.5. The first-order valence-corrected chi connectivity index (χ1v) is 32.2. The standard InChI is InChI=1S/C62H118NO8P/c1-6-8-10-12-14-16-18-20-22-23-24-25-26-27-28-29-30-31-32-33-34-35-36-37-38-39-41-42-44-46-48-50-52-54-61(64)68-58-60(59-70-72(66,67)69-57-56-63(3,4)5)71-62(65)55-53-51-49-47-45-43-40-21-19-17-15-13-11-9-7-2/h9,11,15,17,21,40,60H,6-8,10,12-14,16,18-20,22-39,41-59H2,1-5H3/b11-9-,17-15-,40-21-. The van der Waals surface area contributed by atoms with Crippen LogP contribution in [0, 0.1) is 0 Å². The van der Waals surface area contributed by atoms with Gasteiger partial charge >= 0.3 is 11.9 Å². The number of allylic oxidation sites excluding steroid dienone is 6. The topological polar surface area (TPSA) is 111 Å². The Morgan fingerprint density at radius 2 is 0.792 bits per heavy atom. The van der Waals surface area contributed by atoms with Crippen LogP contribution < -0.4 is 4.89 Å². The number of esters is 2. The SMILES string of the molecule is CC/C=C\C/C=C\C/C=C\CCCCCCCC(=O)OC(COC(=O)CCCCCCCCCCCCCCCCCCCCCCCCCCCCCCCCCCC)COP(=O)([O-])OCC[N+](C)(C)C. The van der Waals surface area contributed by atoms with Crippen LogP contribution in [0.5, 0.6) is 0 Å². The van der Waals surface area contributed by atoms with Crippen molar-refractivity contribution in [1.82, 2.24) is 0 Å². The van der Waals surface area contributed by atoms with Gasteiger partial charge in [0.2, 0.25) is 0 Å². The summed E-state index contributed by atoms with van der Waals surface area (Å²) >= 11 is 0. The molecule has 2 unspecified atom stereocenters. The van der Waals surface area contributed by atoms with E-state index in [0.29, 0.717) is 17.4 Å². The number of quaternary nitrogens is 1. The fraction of sp³-hybridized carbons (Fsp3) is 0.871. The molecule has 0 spiro atoms. The number of likely N-dealkylation sites (N-methyl/N-ethyl adjacent to an activating group) is 1. The molecule has 0 aliphatic carbocycles. The maximum atomic E-state index is 12.7. The zero-order valence-electron chi connectivity index (χ0n) is 48.1. The maximum Gasteiger partial charge on any atom is 0.306 e. The number of carbonyl (C=O) groups excluding carboxylic acids is 2. The molecule has 0 amide bonds. The van der Waals surface area contributed by atoms with Crippen molar-refractivity contribution in [3.05, 3.63) is 36.5 Å². The Bertz CT molecular complexity index is 1310. The molecule has 0 rings (SSSR count). The monoisotopic (exact) mass is 1040 g/mol. The molecule has 10 heteroatoms. The van der Waals surface area contributed by atoms with Crippen LogP contribution in [0.3, 0.4) is 0 Å². The molecule has 0 aliphatic rings. The van der Waals surface area contributed by atoms with Crippen molar-refractivity contribution in [2.75, 3.05) is 47.5 Å². The number of phosphoric ester groups is 1. The van der Waals surface area contributed by atoms with E-state index in [1.165, 1.54) is 193 Å². The number of unbranched alkanes of at least 4 members (excludes halogenated alkanes) is 37. The van der Waals surface area contributed by atoms with Gasteiger partial charge in [-0.15, -0.1) is 0 Å². The zero-order chi connectivity index (χ0) is 52.7. The minimum absolute atomic E-state index is 0.0334. The molecule has 424 valence electrons. The number of ether oxygens (including phenoxy) is 2. The summed E-state index contributed by atoms with van der Waals surface area (Å²) in [6, 6.07) is 0. The predicted octanol–water partition coefficient (Wildman–Crippen LogP) is 18.5. The van der Waals surface area contributed by atoms with Crippen LogP contribution in [0.4, 0.5) is 0 Å². The summed E-state index contributed by atoms with van der Waals surface area (Å²) in [6.07, 6.45) is 66.6. The van der Waals surface area contributed by atoms with Crippen molar-refractivity contribution in [1.29, 1.82) is 0 Å². The fourth-order valence-electron chi connectivity index (χ4n) is 8.97. The first-order chi connectivity index (χ1) is 35.0. The molecule has 0 aromatic rings. The maximum absolute atomic E-state index is 12.7. The highest BCUT2D eigenvalue weighted by molar-refractivity contribution is 7.45. The highest BCUT2D eigenvalue weighted by Crippen LogP contribution is 2.38. The molecule has 0 saturated carbocycles. The molecule has 0 fully saturated rings. The predicted molar refractivity (Wildman–Crippen MR) is 305 cm³/mol. The molecular weight excluding hydrogens is 918 g/mol. The van der Waals surface area contributed by atoms with Crippen LogP contribution in [0.1, 0.15) is 296 Å². The minimum Gasteiger partial charge on any atom is -0.756 e. The van der Waals surface area contributed by atoms with Crippen molar-refractivity contribution in [3.63, 3.8) is 0 Å². The Labute approximate surface area is 446 Å². The quantitative estimate of drug-likeness (QED) is 0.0195. The average molecular weight is 1040 g/mol. The second-order valence-corrected chi connectivity index (χ2v) is 23.5. The average Bonchev–Trinajstić information content (AvgIpc) is 3.34. The summed E-state index contributed by atoms with van der Waals surface area (Å²) in [6.45, 7) is 4.14. The lowest BCUT2D eigenvalue weighted by Gasteiger charge is -2.28. The molecule has 72 heavy (non-hydrogen) atoms. The lowest BCUT2D eigenvalue weighted by atomic mass is 10.0. The number of hydrogen-bond donors (Lipinski definition) is 0. The summed E-state index contributed by atoms with van der Waals surface area (Å²) in [5, 5.41) is 0. The largest absolute Gasteiger partial charge is 0.756 e. The van der Waals surface area contributed by atoms with Crippen LogP contribution in [0.2, 0.25) is 0 Å². The van der Waals surface area contributed by atoms with Gasteiger partial charge < -0.3 is 27.9 Å². The minimum atomic E-state index is -4.64. The van der Waals surface area contributed by atoms with Crippen molar-refractivity contribution < 1.29 is 42.1 Å². The summed E-state index contributed by atoms with van der Waals surface area (Å²) in [5.74, 6) is -0.841. The van der Waals surface area contributed by atoms with Gasteiger partial charge in [0, 0.05) is 12.8 Å². The van der Waals surface area contributed by atoms with Gasteiger partial charge in [0.1, 0.15) is 19.8 Å². The molecular formula is C62H118NO8P. The van der Waals surface area contributed by atoms with E-state index < -0.39 is 26.5 Å². The molecule has 2 atom stereocenters. The van der Waals surface area contributed by atoms with E-state index in [1.807, 2.05) is 21.1 Å². The van der Waals surface area contributed by atoms with Crippen LogP contribution in [-0.4, -0.2) is 70.0 Å². The highest BCUT2D eigenvalue weighted by atomic mass is 31.2. The Kier molecular flexibility index (Phi) is 52.7. The molecule has 0 bridgehead atoms. The second kappa shape index (κ2) is 54.0. The van der Waals surface area contributed by atoms with Crippen molar-refractivity contribution in [2.24, 2.45) is 0 Å². The van der Waals surface area contributed by atoms with Gasteiger partial charge in [-0.05, 0) is 44.9 Å². The highest BCUT2D eigenvalue weighted by Gasteiger charge is 2.22. The Hall–Kier alpha value is -1.77. The summed E-state index contributed by atoms with van der Waals surface area (Å²) in [5.41, 5.74) is 0. The number of nitrogens with zero attached hydrogens (tertiary/aromatic N) is 1. The first kappa shape index (κ1) is 70.2. The van der Waals surface area contributed by atoms with E-state index in [-0.39, 0.29) is 32.0 Å². The summed E-state index contributed by atoms with van der Waals surface area (Å²) in [7, 11) is 1.16. The van der Waals surface area contributed by atoms with E-state index in [2.05, 4.69) is 50.3 Å². The Morgan fingerprint density at radius 3 is 1.18 bits per heavy atom. The van der Waals surface area contributed by atoms with Gasteiger partial charge in [-0.3, -0.25) is 14.2 Å². The van der Waals surface area contributed by atoms with E-state index in [9.17, 15) is 19.0 Å². The van der Waals surface area contributed by atoms with Gasteiger partial charge in [-0.2, -0.15) is 0 Å². The van der Waals surface area contributed by atoms with Crippen LogP contribution >= 0.6 is 7.82 Å². The zero-order valence-corrected chi connectivity index (χ0v) is 49.0. The third-order valence-corrected chi connectivity index (χ3v) is 14.6. The van der Waals surface area contributed by atoms with Crippen LogP contribution in [0.25, 0.3) is 0 Å². The number of phosphoric acid groups is 1. The van der Waals surface area contributed by atoms with Gasteiger partial charge in [0.25, 0.3) is 7.82 Å². The second-order valence-electron chi connectivity index (χ2n) is 22.0. The molecule has 0 saturated heterocycles. The molecule has 0 heterocycles. The van der Waals surface area contributed by atoms with Crippen LogP contribution in [-0.2, 0) is 32.7 Å². The summed E-state index contributed by atoms with van der Waals surface area (Å²) in [4.78, 5) is 37.8. The van der Waals surface area contributed by atoms with Gasteiger partial charge in [0.15, 0.2) is 6.10 Å². The number of hydrogen-bond acceptors (Lipinski definition) is 8. The van der Waals surface area contributed by atoms with Crippen molar-refractivity contribution in [2.45, 2.75) is 302 Å². The lowest BCUT2D eigenvalue weighted by Crippen LogP contribution is -2.37. The fourth-order valence-corrected chi connectivity index (χ4v) is 9.70. The first-order valence-electron chi connectivity index (χ1n) is 30.7. The van der Waals surface area contributed by atoms with E-state index in [0.717, 1.165) is 70.6 Å². The van der Waals surface area contributed by atoms with Crippen LogP contribution in [0.15, 0.2) is 36.5 Å². The van der Waals surface area contributed by atoms with Gasteiger partial charge in [-0.1, -0.05) is 275 Å². The van der Waals surface area contributed by atoms with E-state index >= 15 is 0 Å². The molecule has 0 N–H and O–H groups in total. The summed E-state index contributed by atoms with van der Waals surface area (Å²) < 4.78 is 34.1.